The van der Waals surface area contributed by atoms with Gasteiger partial charge < -0.3 is 5.32 Å². The SMILES string of the molecule is CCc1cccc(Nc2nnc(Cl)c(C)c2C)c1. The van der Waals surface area contributed by atoms with Gasteiger partial charge in [-0.3, -0.25) is 0 Å². The Hall–Kier alpha value is -1.61. The highest BCUT2D eigenvalue weighted by Crippen LogP contribution is 2.24. The molecule has 2 rings (SSSR count). The van der Waals surface area contributed by atoms with Crippen LogP contribution < -0.4 is 5.32 Å². The molecule has 0 aliphatic carbocycles. The van der Waals surface area contributed by atoms with Gasteiger partial charge in [-0.05, 0) is 49.1 Å². The van der Waals surface area contributed by atoms with Crippen LogP contribution in [0.4, 0.5) is 11.5 Å². The number of hydrogen-bond donors (Lipinski definition) is 1. The number of hydrogen-bond acceptors (Lipinski definition) is 3. The maximum atomic E-state index is 5.94. The van der Waals surface area contributed by atoms with E-state index < -0.39 is 0 Å². The van der Waals surface area contributed by atoms with Gasteiger partial charge in [0.1, 0.15) is 0 Å². The Morgan fingerprint density at radius 3 is 2.67 bits per heavy atom. The van der Waals surface area contributed by atoms with Gasteiger partial charge in [0.15, 0.2) is 11.0 Å². The van der Waals surface area contributed by atoms with Crippen molar-refractivity contribution in [2.24, 2.45) is 0 Å². The minimum absolute atomic E-state index is 0.459. The van der Waals surface area contributed by atoms with E-state index in [1.54, 1.807) is 0 Å². The lowest BCUT2D eigenvalue weighted by Crippen LogP contribution is -2.01. The van der Waals surface area contributed by atoms with Crippen LogP contribution in [0.25, 0.3) is 0 Å². The third-order valence-corrected chi connectivity index (χ3v) is 3.42. The largest absolute Gasteiger partial charge is 0.338 e. The van der Waals surface area contributed by atoms with E-state index in [1.165, 1.54) is 5.56 Å². The van der Waals surface area contributed by atoms with Crippen LogP contribution in [0.5, 0.6) is 0 Å². The molecule has 0 aliphatic heterocycles. The van der Waals surface area contributed by atoms with Crippen molar-refractivity contribution in [2.45, 2.75) is 27.2 Å². The van der Waals surface area contributed by atoms with Gasteiger partial charge in [0.2, 0.25) is 0 Å². The van der Waals surface area contributed by atoms with E-state index in [4.69, 9.17) is 11.6 Å². The Balaban J connectivity index is 2.31. The van der Waals surface area contributed by atoms with Crippen LogP contribution in [0.3, 0.4) is 0 Å². The molecule has 0 atom stereocenters. The Morgan fingerprint density at radius 1 is 1.17 bits per heavy atom. The van der Waals surface area contributed by atoms with Crippen molar-refractivity contribution in [1.82, 2.24) is 10.2 Å². The predicted octanol–water partition coefficient (Wildman–Crippen LogP) is 4.05. The zero-order chi connectivity index (χ0) is 13.1. The number of rotatable bonds is 3. The van der Waals surface area contributed by atoms with Crippen molar-refractivity contribution in [1.29, 1.82) is 0 Å². The fraction of sp³-hybridized carbons (Fsp3) is 0.286. The van der Waals surface area contributed by atoms with Gasteiger partial charge in [-0.2, -0.15) is 0 Å². The Kier molecular flexibility index (Phi) is 3.82. The predicted molar refractivity (Wildman–Crippen MR) is 75.6 cm³/mol. The molecule has 2 aromatic rings. The standard InChI is InChI=1S/C14H16ClN3/c1-4-11-6-5-7-12(8-11)16-14-10(3)9(2)13(15)17-18-14/h5-8H,4H2,1-3H3,(H,16,18). The zero-order valence-corrected chi connectivity index (χ0v) is 11.5. The van der Waals surface area contributed by atoms with Crippen LogP contribution in [-0.4, -0.2) is 10.2 Å². The molecular formula is C14H16ClN3. The van der Waals surface area contributed by atoms with Crippen LogP contribution in [0, 0.1) is 13.8 Å². The highest BCUT2D eigenvalue weighted by atomic mass is 35.5. The van der Waals surface area contributed by atoms with Gasteiger partial charge in [0.25, 0.3) is 0 Å². The van der Waals surface area contributed by atoms with Crippen molar-refractivity contribution in [3.63, 3.8) is 0 Å². The molecule has 1 heterocycles. The molecule has 0 amide bonds. The molecule has 0 saturated carbocycles. The van der Waals surface area contributed by atoms with E-state index in [0.717, 1.165) is 29.1 Å². The Morgan fingerprint density at radius 2 is 1.94 bits per heavy atom. The Labute approximate surface area is 112 Å². The summed E-state index contributed by atoms with van der Waals surface area (Å²) in [5.41, 5.74) is 4.29. The second-order valence-corrected chi connectivity index (χ2v) is 4.63. The number of aryl methyl sites for hydroxylation is 1. The smallest absolute Gasteiger partial charge is 0.156 e. The second-order valence-electron chi connectivity index (χ2n) is 4.27. The summed E-state index contributed by atoms with van der Waals surface area (Å²) in [7, 11) is 0. The second kappa shape index (κ2) is 5.36. The third kappa shape index (κ3) is 2.62. The van der Waals surface area contributed by atoms with E-state index in [0.29, 0.717) is 5.15 Å². The summed E-state index contributed by atoms with van der Waals surface area (Å²) in [6.07, 6.45) is 1.01. The number of nitrogens with one attached hydrogen (secondary N) is 1. The molecule has 1 aromatic carbocycles. The average Bonchev–Trinajstić information content (AvgIpc) is 2.40. The first-order valence-corrected chi connectivity index (χ1v) is 6.35. The normalized spacial score (nSPS) is 10.4. The molecule has 18 heavy (non-hydrogen) atoms. The first-order valence-electron chi connectivity index (χ1n) is 5.97. The summed E-state index contributed by atoms with van der Waals surface area (Å²) >= 11 is 5.94. The van der Waals surface area contributed by atoms with Gasteiger partial charge >= 0.3 is 0 Å². The molecule has 0 radical (unpaired) electrons. The molecule has 0 aliphatic rings. The number of halogens is 1. The first-order chi connectivity index (χ1) is 8.61. The lowest BCUT2D eigenvalue weighted by molar-refractivity contribution is 1.00. The van der Waals surface area contributed by atoms with Crippen LogP contribution in [-0.2, 0) is 6.42 Å². The maximum Gasteiger partial charge on any atom is 0.156 e. The number of benzene rings is 1. The van der Waals surface area contributed by atoms with Gasteiger partial charge in [0, 0.05) is 5.69 Å². The summed E-state index contributed by atoms with van der Waals surface area (Å²) in [5, 5.41) is 11.8. The first kappa shape index (κ1) is 12.8. The molecule has 94 valence electrons. The number of aromatic nitrogens is 2. The van der Waals surface area contributed by atoms with Gasteiger partial charge in [-0.25, -0.2) is 0 Å². The van der Waals surface area contributed by atoms with Crippen LogP contribution in [0.15, 0.2) is 24.3 Å². The van der Waals surface area contributed by atoms with Crippen LogP contribution in [0.1, 0.15) is 23.6 Å². The van der Waals surface area contributed by atoms with Crippen LogP contribution >= 0.6 is 11.6 Å². The summed E-state index contributed by atoms with van der Waals surface area (Å²) in [6, 6.07) is 8.28. The van der Waals surface area contributed by atoms with Gasteiger partial charge in [0.05, 0.1) is 0 Å². The highest BCUT2D eigenvalue weighted by Gasteiger charge is 2.08. The quantitative estimate of drug-likeness (QED) is 0.906. The fourth-order valence-corrected chi connectivity index (χ4v) is 1.88. The molecule has 0 spiro atoms. The molecule has 0 bridgehead atoms. The van der Waals surface area contributed by atoms with Crippen molar-refractivity contribution in [3.8, 4) is 0 Å². The highest BCUT2D eigenvalue weighted by molar-refractivity contribution is 6.30. The summed E-state index contributed by atoms with van der Waals surface area (Å²) in [6.45, 7) is 6.07. The Bertz CT molecular complexity index is 567. The van der Waals surface area contributed by atoms with Crippen LogP contribution in [0.2, 0.25) is 5.15 Å². The monoisotopic (exact) mass is 261 g/mol. The fourth-order valence-electron chi connectivity index (χ4n) is 1.70. The van der Waals surface area contributed by atoms with Gasteiger partial charge in [-0.15, -0.1) is 10.2 Å². The summed E-state index contributed by atoms with van der Waals surface area (Å²) in [5.74, 6) is 0.755. The summed E-state index contributed by atoms with van der Waals surface area (Å²) in [4.78, 5) is 0. The van der Waals surface area contributed by atoms with E-state index in [-0.39, 0.29) is 0 Å². The molecule has 4 heteroatoms. The molecule has 0 saturated heterocycles. The van der Waals surface area contributed by atoms with Crippen molar-refractivity contribution >= 4 is 23.1 Å². The van der Waals surface area contributed by atoms with Crippen molar-refractivity contribution < 1.29 is 0 Å². The third-order valence-electron chi connectivity index (χ3n) is 3.06. The number of anilines is 2. The molecule has 1 N–H and O–H groups in total. The summed E-state index contributed by atoms with van der Waals surface area (Å²) < 4.78 is 0. The minimum Gasteiger partial charge on any atom is -0.338 e. The zero-order valence-electron chi connectivity index (χ0n) is 10.8. The molecule has 0 fully saturated rings. The molecule has 3 nitrogen and oxygen atoms in total. The minimum atomic E-state index is 0.459. The van der Waals surface area contributed by atoms with Crippen molar-refractivity contribution in [2.75, 3.05) is 5.32 Å². The van der Waals surface area contributed by atoms with Gasteiger partial charge in [-0.1, -0.05) is 30.7 Å². The molecule has 0 unspecified atom stereocenters. The maximum absolute atomic E-state index is 5.94. The topological polar surface area (TPSA) is 37.8 Å². The lowest BCUT2D eigenvalue weighted by Gasteiger charge is -2.11. The van der Waals surface area contributed by atoms with Crippen molar-refractivity contribution in [3.05, 3.63) is 46.1 Å². The molecular weight excluding hydrogens is 246 g/mol. The van der Waals surface area contributed by atoms with E-state index in [2.05, 4.69) is 34.6 Å². The molecule has 1 aromatic heterocycles. The van der Waals surface area contributed by atoms with E-state index >= 15 is 0 Å². The lowest BCUT2D eigenvalue weighted by atomic mass is 10.1. The van der Waals surface area contributed by atoms with E-state index in [1.807, 2.05) is 26.0 Å². The number of nitrogens with zero attached hydrogens (tertiary/aromatic N) is 2. The van der Waals surface area contributed by atoms with E-state index in [9.17, 15) is 0 Å². The average molecular weight is 262 g/mol.